The van der Waals surface area contributed by atoms with Crippen molar-refractivity contribution in [1.82, 2.24) is 0 Å². The lowest BCUT2D eigenvalue weighted by molar-refractivity contribution is 0.0822. The highest BCUT2D eigenvalue weighted by Crippen LogP contribution is 2.44. The van der Waals surface area contributed by atoms with E-state index in [1.54, 1.807) is 6.07 Å². The van der Waals surface area contributed by atoms with E-state index in [2.05, 4.69) is 0 Å². The molecule has 2 heteroatoms. The third-order valence-electron chi connectivity index (χ3n) is 4.35. The van der Waals surface area contributed by atoms with Gasteiger partial charge in [-0.1, -0.05) is 30.3 Å². The van der Waals surface area contributed by atoms with Crippen molar-refractivity contribution in [3.8, 4) is 0 Å². The molecule has 0 saturated carbocycles. The van der Waals surface area contributed by atoms with E-state index >= 15 is 0 Å². The summed E-state index contributed by atoms with van der Waals surface area (Å²) in [6.45, 7) is 4.05. The molecule has 0 radical (unpaired) electrons. The molecular weight excluding hydrogens is 239 g/mol. The van der Waals surface area contributed by atoms with Gasteiger partial charge in [-0.3, -0.25) is 0 Å². The number of fused-ring (bicyclic) bond motifs is 1. The minimum Gasteiger partial charge on any atom is -0.380 e. The fraction of sp³-hybridized carbons (Fsp3) is 0.294. The van der Waals surface area contributed by atoms with Gasteiger partial charge in [-0.25, -0.2) is 4.39 Å². The van der Waals surface area contributed by atoms with Crippen LogP contribution in [0.4, 0.5) is 4.39 Å². The summed E-state index contributed by atoms with van der Waals surface area (Å²) in [6, 6.07) is 10.9. The third-order valence-corrected chi connectivity index (χ3v) is 4.35. The van der Waals surface area contributed by atoms with Crippen molar-refractivity contribution >= 4 is 0 Å². The number of hydrogen-bond acceptors (Lipinski definition) is 1. The predicted molar refractivity (Wildman–Crippen MR) is 73.6 cm³/mol. The Kier molecular flexibility index (Phi) is 2.72. The van der Waals surface area contributed by atoms with Crippen LogP contribution >= 0.6 is 0 Å². The van der Waals surface area contributed by atoms with E-state index in [9.17, 15) is 9.50 Å². The molecule has 0 spiro atoms. The molecule has 1 aliphatic carbocycles. The Labute approximate surface area is 112 Å². The van der Waals surface area contributed by atoms with Crippen LogP contribution in [0.1, 0.15) is 34.2 Å². The van der Waals surface area contributed by atoms with Gasteiger partial charge in [-0.2, -0.15) is 0 Å². The summed E-state index contributed by atoms with van der Waals surface area (Å²) in [6.07, 6.45) is 1.14. The third kappa shape index (κ3) is 1.71. The molecule has 2 aromatic rings. The van der Waals surface area contributed by atoms with E-state index in [0.717, 1.165) is 22.3 Å². The molecule has 0 aliphatic heterocycles. The first kappa shape index (κ1) is 12.4. The SMILES string of the molecule is Cc1cccc(C2(O)CCc3c(F)cccc32)c1C. The molecule has 0 amide bonds. The van der Waals surface area contributed by atoms with Gasteiger partial charge in [-0.05, 0) is 60.6 Å². The maximum absolute atomic E-state index is 13.8. The van der Waals surface area contributed by atoms with Crippen LogP contribution in [0.25, 0.3) is 0 Å². The number of aliphatic hydroxyl groups is 1. The largest absolute Gasteiger partial charge is 0.380 e. The Hall–Kier alpha value is -1.67. The molecule has 0 heterocycles. The van der Waals surface area contributed by atoms with Crippen molar-refractivity contribution in [2.45, 2.75) is 32.3 Å². The van der Waals surface area contributed by atoms with Crippen LogP contribution < -0.4 is 0 Å². The van der Waals surface area contributed by atoms with Crippen LogP contribution in [-0.2, 0) is 12.0 Å². The number of rotatable bonds is 1. The summed E-state index contributed by atoms with van der Waals surface area (Å²) in [5.41, 5.74) is 3.47. The van der Waals surface area contributed by atoms with Crippen LogP contribution in [0.3, 0.4) is 0 Å². The summed E-state index contributed by atoms with van der Waals surface area (Å²) in [7, 11) is 0. The van der Waals surface area contributed by atoms with Crippen molar-refractivity contribution in [3.05, 3.63) is 70.0 Å². The lowest BCUT2D eigenvalue weighted by Gasteiger charge is -2.27. The van der Waals surface area contributed by atoms with Crippen molar-refractivity contribution in [3.63, 3.8) is 0 Å². The second kappa shape index (κ2) is 4.17. The standard InChI is InChI=1S/C17H17FO/c1-11-5-3-6-14(12(11)2)17(19)10-9-13-15(17)7-4-8-16(13)18/h3-8,19H,9-10H2,1-2H3. The molecule has 19 heavy (non-hydrogen) atoms. The quantitative estimate of drug-likeness (QED) is 0.826. The normalized spacial score (nSPS) is 21.5. The Morgan fingerprint density at radius 3 is 2.53 bits per heavy atom. The van der Waals surface area contributed by atoms with Gasteiger partial charge in [0.1, 0.15) is 11.4 Å². The monoisotopic (exact) mass is 256 g/mol. The van der Waals surface area contributed by atoms with Gasteiger partial charge in [-0.15, -0.1) is 0 Å². The molecule has 0 bridgehead atoms. The van der Waals surface area contributed by atoms with E-state index in [1.807, 2.05) is 38.1 Å². The molecule has 1 unspecified atom stereocenters. The van der Waals surface area contributed by atoms with Crippen LogP contribution in [0.15, 0.2) is 36.4 Å². The van der Waals surface area contributed by atoms with Crippen molar-refractivity contribution in [1.29, 1.82) is 0 Å². The first-order valence-electron chi connectivity index (χ1n) is 6.61. The summed E-state index contributed by atoms with van der Waals surface area (Å²) in [5.74, 6) is -0.210. The Morgan fingerprint density at radius 2 is 1.74 bits per heavy atom. The fourth-order valence-corrected chi connectivity index (χ4v) is 3.12. The Morgan fingerprint density at radius 1 is 1.05 bits per heavy atom. The van der Waals surface area contributed by atoms with Crippen LogP contribution in [-0.4, -0.2) is 5.11 Å². The molecule has 1 aliphatic rings. The van der Waals surface area contributed by atoms with Crippen LogP contribution in [0.2, 0.25) is 0 Å². The first-order chi connectivity index (χ1) is 9.04. The smallest absolute Gasteiger partial charge is 0.126 e. The van der Waals surface area contributed by atoms with Gasteiger partial charge >= 0.3 is 0 Å². The van der Waals surface area contributed by atoms with E-state index in [4.69, 9.17) is 0 Å². The summed E-state index contributed by atoms with van der Waals surface area (Å²) < 4.78 is 13.8. The molecule has 0 aromatic heterocycles. The molecule has 1 N–H and O–H groups in total. The van der Waals surface area contributed by atoms with Gasteiger partial charge in [0.25, 0.3) is 0 Å². The van der Waals surface area contributed by atoms with E-state index < -0.39 is 5.60 Å². The van der Waals surface area contributed by atoms with Crippen molar-refractivity contribution < 1.29 is 9.50 Å². The number of aryl methyl sites for hydroxylation is 1. The second-order valence-electron chi connectivity index (χ2n) is 5.37. The van der Waals surface area contributed by atoms with Crippen molar-refractivity contribution in [2.24, 2.45) is 0 Å². The maximum atomic E-state index is 13.8. The zero-order chi connectivity index (χ0) is 13.6. The van der Waals surface area contributed by atoms with Gasteiger partial charge < -0.3 is 5.11 Å². The molecule has 2 aromatic carbocycles. The average Bonchev–Trinajstić information content (AvgIpc) is 2.73. The van der Waals surface area contributed by atoms with Gasteiger partial charge in [0.05, 0.1) is 0 Å². The summed E-state index contributed by atoms with van der Waals surface area (Å²) in [4.78, 5) is 0. The van der Waals surface area contributed by atoms with Gasteiger partial charge in [0.2, 0.25) is 0 Å². The average molecular weight is 256 g/mol. The highest BCUT2D eigenvalue weighted by molar-refractivity contribution is 5.49. The molecule has 98 valence electrons. The summed E-state index contributed by atoms with van der Waals surface area (Å²) in [5, 5.41) is 11.1. The van der Waals surface area contributed by atoms with Crippen molar-refractivity contribution in [2.75, 3.05) is 0 Å². The highest BCUT2D eigenvalue weighted by atomic mass is 19.1. The van der Waals surface area contributed by atoms with Crippen LogP contribution in [0, 0.1) is 19.7 Å². The minimum absolute atomic E-state index is 0.210. The van der Waals surface area contributed by atoms with E-state index in [-0.39, 0.29) is 5.82 Å². The fourth-order valence-electron chi connectivity index (χ4n) is 3.12. The maximum Gasteiger partial charge on any atom is 0.126 e. The lowest BCUT2D eigenvalue weighted by Crippen LogP contribution is -2.25. The molecule has 1 atom stereocenters. The Balaban J connectivity index is 2.22. The molecule has 0 fully saturated rings. The minimum atomic E-state index is -1.05. The molecule has 1 nitrogen and oxygen atoms in total. The van der Waals surface area contributed by atoms with Crippen LogP contribution in [0.5, 0.6) is 0 Å². The molecule has 0 saturated heterocycles. The molecule has 3 rings (SSSR count). The van der Waals surface area contributed by atoms with Gasteiger partial charge in [0, 0.05) is 0 Å². The predicted octanol–water partition coefficient (Wildman–Crippen LogP) is 3.62. The Bertz CT molecular complexity index is 648. The van der Waals surface area contributed by atoms with E-state index in [0.29, 0.717) is 18.4 Å². The topological polar surface area (TPSA) is 20.2 Å². The number of halogens is 1. The number of hydrogen-bond donors (Lipinski definition) is 1. The first-order valence-corrected chi connectivity index (χ1v) is 6.61. The highest BCUT2D eigenvalue weighted by Gasteiger charge is 2.40. The zero-order valence-corrected chi connectivity index (χ0v) is 11.2. The lowest BCUT2D eigenvalue weighted by atomic mass is 9.84. The molecular formula is C17H17FO. The summed E-state index contributed by atoms with van der Waals surface area (Å²) >= 11 is 0. The number of benzene rings is 2. The second-order valence-corrected chi connectivity index (χ2v) is 5.37. The zero-order valence-electron chi connectivity index (χ0n) is 11.2. The van der Waals surface area contributed by atoms with Gasteiger partial charge in [0.15, 0.2) is 0 Å². The van der Waals surface area contributed by atoms with E-state index in [1.165, 1.54) is 6.07 Å².